The number of carbonyl (C=O) groups excluding carboxylic acids is 1. The highest BCUT2D eigenvalue weighted by molar-refractivity contribution is 8.00. The first-order valence-electron chi connectivity index (χ1n) is 9.39. The Labute approximate surface area is 160 Å². The van der Waals surface area contributed by atoms with Gasteiger partial charge in [0.2, 0.25) is 5.91 Å². The third-order valence-electron chi connectivity index (χ3n) is 5.31. The fourth-order valence-electron chi connectivity index (χ4n) is 3.52. The van der Waals surface area contributed by atoms with Gasteiger partial charge in [-0.1, -0.05) is 55.8 Å². The highest BCUT2D eigenvalue weighted by atomic mass is 32.2. The average molecular weight is 373 g/mol. The van der Waals surface area contributed by atoms with Crippen molar-refractivity contribution in [3.8, 4) is 11.4 Å². The molecule has 0 unspecified atom stereocenters. The summed E-state index contributed by atoms with van der Waals surface area (Å²) in [7, 11) is 1.96. The Morgan fingerprint density at radius 3 is 2.73 bits per heavy atom. The van der Waals surface area contributed by atoms with E-state index < -0.39 is 0 Å². The average Bonchev–Trinajstić information content (AvgIpc) is 2.98. The summed E-state index contributed by atoms with van der Waals surface area (Å²) < 4.78 is 1.97. The summed E-state index contributed by atoms with van der Waals surface area (Å²) in [6.07, 6.45) is 4.78. The van der Waals surface area contributed by atoms with Gasteiger partial charge in [-0.3, -0.25) is 4.79 Å². The number of nitrogens with one attached hydrogen (secondary N) is 1. The second-order valence-corrected chi connectivity index (χ2v) is 8.62. The first-order chi connectivity index (χ1) is 12.5. The molecule has 1 aromatic carbocycles. The van der Waals surface area contributed by atoms with E-state index in [-0.39, 0.29) is 11.2 Å². The molecule has 1 amide bonds. The molecule has 1 aliphatic rings. The molecule has 5 nitrogen and oxygen atoms in total. The van der Waals surface area contributed by atoms with Crippen LogP contribution in [-0.4, -0.2) is 32.0 Å². The quantitative estimate of drug-likeness (QED) is 0.807. The third-order valence-corrected chi connectivity index (χ3v) is 6.45. The Morgan fingerprint density at radius 2 is 2.00 bits per heavy atom. The van der Waals surface area contributed by atoms with Crippen molar-refractivity contribution in [3.63, 3.8) is 0 Å². The van der Waals surface area contributed by atoms with Gasteiger partial charge in [0.05, 0.1) is 5.25 Å². The molecule has 0 spiro atoms. The maximum absolute atomic E-state index is 12.6. The third kappa shape index (κ3) is 4.11. The molecule has 0 radical (unpaired) electrons. The van der Waals surface area contributed by atoms with Crippen LogP contribution in [0.2, 0.25) is 0 Å². The lowest BCUT2D eigenvalue weighted by Gasteiger charge is -2.30. The first kappa shape index (κ1) is 19.0. The predicted octanol–water partition coefficient (Wildman–Crippen LogP) is 3.97. The van der Waals surface area contributed by atoms with Gasteiger partial charge in [-0.05, 0) is 38.2 Å². The molecule has 1 aromatic heterocycles. The van der Waals surface area contributed by atoms with E-state index in [0.29, 0.717) is 12.0 Å². The van der Waals surface area contributed by atoms with Crippen LogP contribution < -0.4 is 5.32 Å². The van der Waals surface area contributed by atoms with Crippen LogP contribution in [-0.2, 0) is 11.8 Å². The molecule has 1 aliphatic carbocycles. The fraction of sp³-hybridized carbons (Fsp3) is 0.550. The summed E-state index contributed by atoms with van der Waals surface area (Å²) in [6.45, 7) is 6.24. The van der Waals surface area contributed by atoms with Crippen LogP contribution in [0.5, 0.6) is 0 Å². The molecule has 26 heavy (non-hydrogen) atoms. The zero-order chi connectivity index (χ0) is 18.7. The molecule has 0 saturated heterocycles. The van der Waals surface area contributed by atoms with Gasteiger partial charge in [0.25, 0.3) is 0 Å². The van der Waals surface area contributed by atoms with Crippen LogP contribution in [0.25, 0.3) is 11.4 Å². The van der Waals surface area contributed by atoms with Crippen molar-refractivity contribution in [1.29, 1.82) is 0 Å². The Kier molecular flexibility index (Phi) is 6.01. The van der Waals surface area contributed by atoms with E-state index in [4.69, 9.17) is 0 Å². The van der Waals surface area contributed by atoms with Crippen molar-refractivity contribution in [2.24, 2.45) is 13.0 Å². The molecule has 1 fully saturated rings. The van der Waals surface area contributed by atoms with Gasteiger partial charge < -0.3 is 9.88 Å². The lowest BCUT2D eigenvalue weighted by molar-refractivity contribution is -0.121. The Bertz CT molecular complexity index is 773. The maximum atomic E-state index is 12.6. The second-order valence-electron chi connectivity index (χ2n) is 7.32. The molecule has 140 valence electrons. The number of thioether (sulfide) groups is 1. The number of aromatic nitrogens is 3. The number of rotatable bonds is 5. The normalized spacial score (nSPS) is 21.4. The minimum absolute atomic E-state index is 0.0918. The molecule has 2 aromatic rings. The molecule has 0 aliphatic heterocycles. The lowest BCUT2D eigenvalue weighted by Crippen LogP contribution is -2.44. The molecule has 3 rings (SSSR count). The molecule has 1 heterocycles. The van der Waals surface area contributed by atoms with Crippen molar-refractivity contribution < 1.29 is 4.79 Å². The van der Waals surface area contributed by atoms with Crippen LogP contribution in [0, 0.1) is 12.8 Å². The van der Waals surface area contributed by atoms with E-state index >= 15 is 0 Å². The van der Waals surface area contributed by atoms with Crippen molar-refractivity contribution in [3.05, 3.63) is 29.8 Å². The summed E-state index contributed by atoms with van der Waals surface area (Å²) in [6, 6.07) is 8.45. The fourth-order valence-corrected chi connectivity index (χ4v) is 4.34. The molecule has 1 N–H and O–H groups in total. The number of amides is 1. The Balaban J connectivity index is 1.67. The minimum atomic E-state index is -0.197. The van der Waals surface area contributed by atoms with Crippen LogP contribution in [0.15, 0.2) is 29.4 Å². The standard InChI is InChI=1S/C20H28N4OS/c1-13-9-5-7-11-16(13)18-22-23-20(24(18)4)26-15(3)19(25)21-17-12-8-6-10-14(17)2/h5,7,9,11,14-15,17H,6,8,10,12H2,1-4H3,(H,21,25)/t14-,15+,17+/m0/s1. The van der Waals surface area contributed by atoms with E-state index in [1.165, 1.54) is 31.0 Å². The van der Waals surface area contributed by atoms with Crippen LogP contribution >= 0.6 is 11.8 Å². The topological polar surface area (TPSA) is 59.8 Å². The van der Waals surface area contributed by atoms with E-state index in [1.54, 1.807) is 0 Å². The molecule has 6 heteroatoms. The summed E-state index contributed by atoms with van der Waals surface area (Å²) in [4.78, 5) is 12.6. The smallest absolute Gasteiger partial charge is 0.233 e. The Hall–Kier alpha value is -1.82. The van der Waals surface area contributed by atoms with Gasteiger partial charge in [-0.25, -0.2) is 0 Å². The van der Waals surface area contributed by atoms with Gasteiger partial charge in [-0.2, -0.15) is 0 Å². The van der Waals surface area contributed by atoms with E-state index in [2.05, 4.69) is 35.4 Å². The maximum Gasteiger partial charge on any atom is 0.233 e. The molecular weight excluding hydrogens is 344 g/mol. The Morgan fingerprint density at radius 1 is 1.27 bits per heavy atom. The highest BCUT2D eigenvalue weighted by Gasteiger charge is 2.26. The number of hydrogen-bond donors (Lipinski definition) is 1. The number of nitrogens with zero attached hydrogens (tertiary/aromatic N) is 3. The summed E-state index contributed by atoms with van der Waals surface area (Å²) in [5, 5.41) is 12.5. The number of benzene rings is 1. The van der Waals surface area contributed by atoms with E-state index in [0.717, 1.165) is 28.5 Å². The van der Waals surface area contributed by atoms with Gasteiger partial charge in [0, 0.05) is 18.7 Å². The number of carbonyl (C=O) groups is 1. The summed E-state index contributed by atoms with van der Waals surface area (Å²) >= 11 is 1.47. The zero-order valence-electron chi connectivity index (χ0n) is 16.0. The molecule has 1 saturated carbocycles. The van der Waals surface area contributed by atoms with Gasteiger partial charge in [0.1, 0.15) is 0 Å². The van der Waals surface area contributed by atoms with Gasteiger partial charge in [-0.15, -0.1) is 10.2 Å². The van der Waals surface area contributed by atoms with Crippen molar-refractivity contribution in [1.82, 2.24) is 20.1 Å². The lowest BCUT2D eigenvalue weighted by atomic mass is 9.86. The second kappa shape index (κ2) is 8.25. The summed E-state index contributed by atoms with van der Waals surface area (Å²) in [5.41, 5.74) is 2.24. The minimum Gasteiger partial charge on any atom is -0.352 e. The van der Waals surface area contributed by atoms with E-state index in [1.807, 2.05) is 36.7 Å². The van der Waals surface area contributed by atoms with Crippen LogP contribution in [0.3, 0.4) is 0 Å². The number of aryl methyl sites for hydroxylation is 1. The zero-order valence-corrected chi connectivity index (χ0v) is 16.8. The molecule has 3 atom stereocenters. The van der Waals surface area contributed by atoms with E-state index in [9.17, 15) is 4.79 Å². The highest BCUT2D eigenvalue weighted by Crippen LogP contribution is 2.28. The first-order valence-corrected chi connectivity index (χ1v) is 10.3. The van der Waals surface area contributed by atoms with Gasteiger partial charge >= 0.3 is 0 Å². The monoisotopic (exact) mass is 372 g/mol. The van der Waals surface area contributed by atoms with Crippen molar-refractivity contribution >= 4 is 17.7 Å². The van der Waals surface area contributed by atoms with Crippen LogP contribution in [0.1, 0.15) is 45.1 Å². The van der Waals surface area contributed by atoms with Gasteiger partial charge in [0.15, 0.2) is 11.0 Å². The van der Waals surface area contributed by atoms with Crippen molar-refractivity contribution in [2.45, 2.75) is 62.9 Å². The van der Waals surface area contributed by atoms with Crippen molar-refractivity contribution in [2.75, 3.05) is 0 Å². The SMILES string of the molecule is Cc1ccccc1-c1nnc(S[C@H](C)C(=O)N[C@@H]2CCCC[C@@H]2C)n1C. The largest absolute Gasteiger partial charge is 0.352 e. The molecule has 0 bridgehead atoms. The number of hydrogen-bond acceptors (Lipinski definition) is 4. The molecular formula is C20H28N4OS. The predicted molar refractivity (Wildman–Crippen MR) is 106 cm³/mol. The summed E-state index contributed by atoms with van der Waals surface area (Å²) in [5.74, 6) is 1.49. The van der Waals surface area contributed by atoms with Crippen LogP contribution in [0.4, 0.5) is 0 Å².